The van der Waals surface area contributed by atoms with Crippen molar-refractivity contribution in [1.82, 2.24) is 15.5 Å². The van der Waals surface area contributed by atoms with Gasteiger partial charge in [-0.2, -0.15) is 0 Å². The number of carbonyl (C=O) groups is 1. The van der Waals surface area contributed by atoms with E-state index in [1.807, 2.05) is 23.1 Å². The zero-order valence-corrected chi connectivity index (χ0v) is 17.3. The molecule has 1 fully saturated rings. The number of carbonyl (C=O) groups excluding carboxylic acids is 1. The SMILES string of the molecule is CCCCOCCCNC(=NC)NCC(=O)N1CCN(c2ccccc2)CC1. The molecule has 0 unspecified atom stereocenters. The number of nitrogens with zero attached hydrogens (tertiary/aromatic N) is 3. The number of para-hydroxylation sites is 1. The second kappa shape index (κ2) is 13.0. The maximum Gasteiger partial charge on any atom is 0.242 e. The van der Waals surface area contributed by atoms with Gasteiger partial charge in [-0.3, -0.25) is 9.79 Å². The van der Waals surface area contributed by atoms with Crippen molar-refractivity contribution in [3.05, 3.63) is 30.3 Å². The van der Waals surface area contributed by atoms with Gasteiger partial charge >= 0.3 is 0 Å². The number of rotatable bonds is 10. The third kappa shape index (κ3) is 7.76. The molecule has 2 rings (SSSR count). The van der Waals surface area contributed by atoms with Crippen LogP contribution in [0.3, 0.4) is 0 Å². The monoisotopic (exact) mass is 389 g/mol. The van der Waals surface area contributed by atoms with Crippen molar-refractivity contribution in [2.45, 2.75) is 26.2 Å². The average molecular weight is 390 g/mol. The summed E-state index contributed by atoms with van der Waals surface area (Å²) in [6.45, 7) is 7.98. The van der Waals surface area contributed by atoms with E-state index in [2.05, 4.69) is 39.6 Å². The summed E-state index contributed by atoms with van der Waals surface area (Å²) in [5.41, 5.74) is 1.22. The van der Waals surface area contributed by atoms with Gasteiger partial charge in [0.2, 0.25) is 5.91 Å². The molecule has 1 saturated heterocycles. The minimum Gasteiger partial charge on any atom is -0.381 e. The van der Waals surface area contributed by atoms with E-state index in [1.165, 1.54) is 5.69 Å². The van der Waals surface area contributed by atoms with Crippen molar-refractivity contribution in [1.29, 1.82) is 0 Å². The molecular weight excluding hydrogens is 354 g/mol. The second-order valence-electron chi connectivity index (χ2n) is 6.88. The molecule has 2 N–H and O–H groups in total. The minimum atomic E-state index is 0.110. The molecule has 28 heavy (non-hydrogen) atoms. The molecule has 1 aliphatic heterocycles. The number of guanidine groups is 1. The van der Waals surface area contributed by atoms with Crippen LogP contribution in [0.5, 0.6) is 0 Å². The summed E-state index contributed by atoms with van der Waals surface area (Å²) < 4.78 is 5.54. The van der Waals surface area contributed by atoms with Crippen molar-refractivity contribution >= 4 is 17.6 Å². The van der Waals surface area contributed by atoms with E-state index in [-0.39, 0.29) is 12.5 Å². The molecule has 1 aromatic carbocycles. The fraction of sp³-hybridized carbons (Fsp3) is 0.619. The molecule has 1 aromatic rings. The minimum absolute atomic E-state index is 0.110. The number of ether oxygens (including phenoxy) is 1. The Morgan fingerprint density at radius 3 is 2.46 bits per heavy atom. The Kier molecular flexibility index (Phi) is 10.2. The highest BCUT2D eigenvalue weighted by atomic mass is 16.5. The fourth-order valence-electron chi connectivity index (χ4n) is 3.07. The lowest BCUT2D eigenvalue weighted by atomic mass is 10.2. The summed E-state index contributed by atoms with van der Waals surface area (Å²) in [6, 6.07) is 10.3. The number of benzene rings is 1. The van der Waals surface area contributed by atoms with Gasteiger partial charge in [0.15, 0.2) is 5.96 Å². The predicted octanol–water partition coefficient (Wildman–Crippen LogP) is 1.71. The van der Waals surface area contributed by atoms with Crippen LogP contribution in [0.15, 0.2) is 35.3 Å². The third-order valence-corrected chi connectivity index (χ3v) is 4.78. The summed E-state index contributed by atoms with van der Waals surface area (Å²) in [7, 11) is 1.72. The van der Waals surface area contributed by atoms with E-state index in [0.717, 1.165) is 65.2 Å². The van der Waals surface area contributed by atoms with E-state index in [4.69, 9.17) is 4.74 Å². The number of nitrogens with one attached hydrogen (secondary N) is 2. The lowest BCUT2D eigenvalue weighted by Gasteiger charge is -2.36. The van der Waals surface area contributed by atoms with Crippen LogP contribution in [0.1, 0.15) is 26.2 Å². The Hall–Kier alpha value is -2.28. The van der Waals surface area contributed by atoms with Crippen LogP contribution in [0.25, 0.3) is 0 Å². The zero-order valence-electron chi connectivity index (χ0n) is 17.3. The van der Waals surface area contributed by atoms with E-state index >= 15 is 0 Å². The number of hydrogen-bond donors (Lipinski definition) is 2. The molecule has 0 aromatic heterocycles. The van der Waals surface area contributed by atoms with Gasteiger partial charge in [0, 0.05) is 58.7 Å². The maximum atomic E-state index is 12.5. The molecular formula is C21H35N5O2. The molecule has 0 aliphatic carbocycles. The van der Waals surface area contributed by atoms with Crippen LogP contribution < -0.4 is 15.5 Å². The van der Waals surface area contributed by atoms with Crippen LogP contribution in [0.4, 0.5) is 5.69 Å². The van der Waals surface area contributed by atoms with Crippen LogP contribution in [0.2, 0.25) is 0 Å². The maximum absolute atomic E-state index is 12.5. The van der Waals surface area contributed by atoms with Gasteiger partial charge in [0.05, 0.1) is 6.54 Å². The van der Waals surface area contributed by atoms with Crippen molar-refractivity contribution in [2.75, 3.05) is 64.4 Å². The molecule has 0 bridgehead atoms. The van der Waals surface area contributed by atoms with Crippen LogP contribution in [0, 0.1) is 0 Å². The molecule has 1 amide bonds. The smallest absolute Gasteiger partial charge is 0.242 e. The Morgan fingerprint density at radius 2 is 1.79 bits per heavy atom. The highest BCUT2D eigenvalue weighted by Crippen LogP contribution is 2.15. The zero-order chi connectivity index (χ0) is 20.0. The van der Waals surface area contributed by atoms with E-state index in [0.29, 0.717) is 5.96 Å². The summed E-state index contributed by atoms with van der Waals surface area (Å²) in [4.78, 5) is 20.9. The first-order chi connectivity index (χ1) is 13.7. The molecule has 0 atom stereocenters. The largest absolute Gasteiger partial charge is 0.381 e. The van der Waals surface area contributed by atoms with Gasteiger partial charge in [-0.25, -0.2) is 0 Å². The van der Waals surface area contributed by atoms with Crippen LogP contribution in [-0.2, 0) is 9.53 Å². The number of anilines is 1. The molecule has 0 spiro atoms. The standard InChI is InChI=1S/C21H35N5O2/c1-3-4-16-28-17-8-11-23-21(22-2)24-18-20(27)26-14-12-25(13-15-26)19-9-6-5-7-10-19/h5-7,9-10H,3-4,8,11-18H2,1-2H3,(H2,22,23,24). The van der Waals surface area contributed by atoms with Gasteiger partial charge in [0.1, 0.15) is 0 Å². The average Bonchev–Trinajstić information content (AvgIpc) is 2.75. The molecule has 7 heteroatoms. The fourth-order valence-corrected chi connectivity index (χ4v) is 3.07. The quantitative estimate of drug-likeness (QED) is 0.362. The summed E-state index contributed by atoms with van der Waals surface area (Å²) in [5, 5.41) is 6.34. The van der Waals surface area contributed by atoms with Crippen LogP contribution in [-0.4, -0.2) is 76.3 Å². The first-order valence-corrected chi connectivity index (χ1v) is 10.3. The molecule has 7 nitrogen and oxygen atoms in total. The Balaban J connectivity index is 1.60. The first kappa shape index (κ1) is 22.0. The molecule has 1 heterocycles. The Bertz CT molecular complexity index is 586. The van der Waals surface area contributed by atoms with Crippen molar-refractivity contribution in [2.24, 2.45) is 4.99 Å². The predicted molar refractivity (Wildman–Crippen MR) is 115 cm³/mol. The van der Waals surface area contributed by atoms with Crippen molar-refractivity contribution in [3.63, 3.8) is 0 Å². The topological polar surface area (TPSA) is 69.2 Å². The van der Waals surface area contributed by atoms with Gasteiger partial charge in [-0.05, 0) is 25.0 Å². The van der Waals surface area contributed by atoms with E-state index in [9.17, 15) is 4.79 Å². The van der Waals surface area contributed by atoms with Crippen molar-refractivity contribution < 1.29 is 9.53 Å². The summed E-state index contributed by atoms with van der Waals surface area (Å²) in [6.07, 6.45) is 3.18. The first-order valence-electron chi connectivity index (χ1n) is 10.3. The third-order valence-electron chi connectivity index (χ3n) is 4.78. The number of unbranched alkanes of at least 4 members (excludes halogenated alkanes) is 1. The van der Waals surface area contributed by atoms with Crippen LogP contribution >= 0.6 is 0 Å². The highest BCUT2D eigenvalue weighted by molar-refractivity contribution is 5.86. The highest BCUT2D eigenvalue weighted by Gasteiger charge is 2.21. The number of hydrogen-bond acceptors (Lipinski definition) is 4. The van der Waals surface area contributed by atoms with Gasteiger partial charge in [0.25, 0.3) is 0 Å². The molecule has 0 saturated carbocycles. The van der Waals surface area contributed by atoms with Crippen molar-refractivity contribution in [3.8, 4) is 0 Å². The van der Waals surface area contributed by atoms with E-state index < -0.39 is 0 Å². The van der Waals surface area contributed by atoms with Gasteiger partial charge in [-0.1, -0.05) is 31.5 Å². The number of piperazine rings is 1. The molecule has 1 aliphatic rings. The Morgan fingerprint density at radius 1 is 1.07 bits per heavy atom. The van der Waals surface area contributed by atoms with Gasteiger partial charge < -0.3 is 25.2 Å². The normalized spacial score (nSPS) is 14.9. The number of amides is 1. The summed E-state index contributed by atoms with van der Waals surface area (Å²) >= 11 is 0. The second-order valence-corrected chi connectivity index (χ2v) is 6.88. The Labute approximate surface area is 169 Å². The van der Waals surface area contributed by atoms with Gasteiger partial charge in [-0.15, -0.1) is 0 Å². The molecule has 156 valence electrons. The molecule has 0 radical (unpaired) electrons. The lowest BCUT2D eigenvalue weighted by molar-refractivity contribution is -0.130. The summed E-state index contributed by atoms with van der Waals surface area (Å²) in [5.74, 6) is 0.767. The lowest BCUT2D eigenvalue weighted by Crippen LogP contribution is -2.52. The number of aliphatic imine (C=N–C) groups is 1. The van der Waals surface area contributed by atoms with E-state index in [1.54, 1.807) is 7.05 Å².